The van der Waals surface area contributed by atoms with Crippen LogP contribution in [0.2, 0.25) is 0 Å². The van der Waals surface area contributed by atoms with Gasteiger partial charge in [-0.25, -0.2) is 19.9 Å². The molecule has 121 heavy (non-hydrogen) atoms. The number of nitrogens with zero attached hydrogens (tertiary/aromatic N) is 6. The van der Waals surface area contributed by atoms with E-state index in [1.165, 1.54) is 63.3 Å². The van der Waals surface area contributed by atoms with Crippen molar-refractivity contribution in [3.63, 3.8) is 0 Å². The van der Waals surface area contributed by atoms with Crippen LogP contribution in [0, 0.1) is 0 Å². The highest BCUT2D eigenvalue weighted by molar-refractivity contribution is 9.11. The summed E-state index contributed by atoms with van der Waals surface area (Å²) in [5, 5.41) is 7.57. The van der Waals surface area contributed by atoms with E-state index in [9.17, 15) is 0 Å². The van der Waals surface area contributed by atoms with Gasteiger partial charge < -0.3 is 20.9 Å². The summed E-state index contributed by atoms with van der Waals surface area (Å²) in [6, 6.07) is 136. The van der Waals surface area contributed by atoms with Crippen LogP contribution >= 0.6 is 93.1 Å². The molecule has 0 atom stereocenters. The molecule has 2 aliphatic rings. The number of aromatic nitrogens is 4. The van der Waals surface area contributed by atoms with Crippen LogP contribution in [0.4, 0.5) is 51.2 Å². The van der Waals surface area contributed by atoms with Gasteiger partial charge in [0.2, 0.25) is 0 Å². The number of nitrogens with two attached hydrogens (primary N) is 1. The molecule has 8 nitrogen and oxygen atoms in total. The molecule has 3 N–H and O–H groups in total. The quantitative estimate of drug-likeness (QED) is 0.117. The van der Waals surface area contributed by atoms with Crippen molar-refractivity contribution in [2.45, 2.75) is 38.5 Å². The van der Waals surface area contributed by atoms with Crippen molar-refractivity contribution in [3.05, 3.63) is 424 Å². The zero-order chi connectivity index (χ0) is 82.6. The minimum atomic E-state index is -0.241. The van der Waals surface area contributed by atoms with E-state index in [-0.39, 0.29) is 10.8 Å². The van der Waals surface area contributed by atoms with Crippen LogP contribution in [0.3, 0.4) is 0 Å². The molecule has 4 aromatic heterocycles. The van der Waals surface area contributed by atoms with Crippen LogP contribution in [0.5, 0.6) is 0 Å². The summed E-state index contributed by atoms with van der Waals surface area (Å²) < 4.78 is 8.28. The zero-order valence-corrected chi connectivity index (χ0v) is 74.5. The van der Waals surface area contributed by atoms with Gasteiger partial charge in [0.25, 0.3) is 0 Å². The number of fused-ring (bicyclic) bond motifs is 10. The van der Waals surface area contributed by atoms with Crippen LogP contribution in [-0.4, -0.2) is 19.9 Å². The number of para-hydroxylation sites is 7. The maximum atomic E-state index is 5.66. The molecule has 0 saturated heterocycles. The first-order valence-electron chi connectivity index (χ1n) is 39.8. The van der Waals surface area contributed by atoms with E-state index in [1.54, 1.807) is 45.3 Å². The third-order valence-electron chi connectivity index (χ3n) is 21.8. The topological polar surface area (TPSA) is 96.1 Å². The van der Waals surface area contributed by atoms with E-state index >= 15 is 0 Å². The van der Waals surface area contributed by atoms with Crippen molar-refractivity contribution in [1.29, 1.82) is 0 Å². The van der Waals surface area contributed by atoms with Gasteiger partial charge in [-0.1, -0.05) is 221 Å². The van der Waals surface area contributed by atoms with Crippen molar-refractivity contribution < 1.29 is 0 Å². The largest absolute Gasteiger partial charge is 0.399 e. The lowest BCUT2D eigenvalue weighted by molar-refractivity contribution is 0.659. The predicted molar refractivity (Wildman–Crippen MR) is 528 cm³/mol. The Morgan fingerprint density at radius 2 is 0.521 bits per heavy atom. The lowest BCUT2D eigenvalue weighted by atomic mass is 9.82. The van der Waals surface area contributed by atoms with Gasteiger partial charge in [0.05, 0.1) is 40.9 Å². The highest BCUT2D eigenvalue weighted by Gasteiger charge is 2.38. The number of hydrogen-bond donors (Lipinski definition) is 2. The molecule has 0 saturated carbocycles. The first kappa shape index (κ1) is 79.8. The summed E-state index contributed by atoms with van der Waals surface area (Å²) in [6.07, 6.45) is 0. The Bertz CT molecular complexity index is 6640. The van der Waals surface area contributed by atoms with Gasteiger partial charge in [0.15, 0.2) is 0 Å². The molecule has 16 aromatic carbocycles. The fourth-order valence-corrected chi connectivity index (χ4v) is 20.5. The van der Waals surface area contributed by atoms with Crippen LogP contribution in [0.25, 0.3) is 105 Å². The third-order valence-corrected chi connectivity index (χ3v) is 27.7. The van der Waals surface area contributed by atoms with E-state index in [4.69, 9.17) is 20.7 Å². The maximum absolute atomic E-state index is 5.66. The molecule has 15 heteroatoms. The summed E-state index contributed by atoms with van der Waals surface area (Å²) >= 11 is 17.3. The lowest BCUT2D eigenvalue weighted by Crippen LogP contribution is -2.17. The summed E-state index contributed by atoms with van der Waals surface area (Å²) in [5.74, 6) is 0. The predicted octanol–water partition coefficient (Wildman–Crippen LogP) is 32.7. The Balaban J connectivity index is 0.000000129. The molecule has 2 aliphatic carbocycles. The minimum absolute atomic E-state index is 0.0816. The zero-order valence-electron chi connectivity index (χ0n) is 66.5. The number of hydrogen-bond acceptors (Lipinski definition) is 12. The van der Waals surface area contributed by atoms with E-state index in [2.05, 4.69) is 375 Å². The monoisotopic (exact) mass is 1830 g/mol. The molecule has 0 bridgehead atoms. The highest BCUT2D eigenvalue weighted by Crippen LogP contribution is 2.54. The van der Waals surface area contributed by atoms with E-state index < -0.39 is 0 Å². The second-order valence-corrected chi connectivity index (χ2v) is 37.3. The Morgan fingerprint density at radius 3 is 0.851 bits per heavy atom. The van der Waals surface area contributed by atoms with E-state index in [0.29, 0.717) is 0 Å². The van der Waals surface area contributed by atoms with Gasteiger partial charge in [0, 0.05) is 97.7 Å². The average Bonchev–Trinajstić information content (AvgIpc) is 1.57. The molecule has 20 aromatic rings. The van der Waals surface area contributed by atoms with Gasteiger partial charge in [0.1, 0.15) is 20.0 Å². The molecule has 0 amide bonds. The molecule has 0 fully saturated rings. The number of nitrogens with one attached hydrogen (secondary N) is 1. The first-order chi connectivity index (χ1) is 59.1. The molecule has 22 rings (SSSR count). The normalized spacial score (nSPS) is 12.3. The Hall–Kier alpha value is -12.3. The number of benzene rings is 16. The molecule has 0 radical (unpaired) electrons. The summed E-state index contributed by atoms with van der Waals surface area (Å²) in [4.78, 5) is 23.9. The van der Waals surface area contributed by atoms with Crippen LogP contribution in [-0.2, 0) is 10.8 Å². The van der Waals surface area contributed by atoms with Crippen molar-refractivity contribution in [2.24, 2.45) is 0 Å². The first-order valence-corrected chi connectivity index (χ1v) is 45.5. The van der Waals surface area contributed by atoms with Gasteiger partial charge in [-0.3, -0.25) is 0 Å². The fraction of sp³-hybridized carbons (Fsp3) is 0.0566. The molecule has 588 valence electrons. The number of nitrogen functional groups attached to an aromatic ring is 1. The van der Waals surface area contributed by atoms with Crippen molar-refractivity contribution in [3.8, 4) is 64.5 Å². The van der Waals surface area contributed by atoms with Gasteiger partial charge >= 0.3 is 0 Å². The van der Waals surface area contributed by atoms with Crippen molar-refractivity contribution in [2.75, 3.05) is 20.9 Å². The van der Waals surface area contributed by atoms with Gasteiger partial charge in [-0.2, -0.15) is 0 Å². The summed E-state index contributed by atoms with van der Waals surface area (Å²) in [6.45, 7) is 9.31. The summed E-state index contributed by atoms with van der Waals surface area (Å²) in [5.41, 5.74) is 34.6. The van der Waals surface area contributed by atoms with Gasteiger partial charge in [-0.15, -0.1) is 45.3 Å². The number of halogens is 3. The van der Waals surface area contributed by atoms with Crippen LogP contribution in [0.1, 0.15) is 49.9 Å². The molecule has 0 unspecified atom stereocenters. The maximum Gasteiger partial charge on any atom is 0.124 e. The third kappa shape index (κ3) is 17.3. The molecule has 0 aliphatic heterocycles. The smallest absolute Gasteiger partial charge is 0.124 e. The number of rotatable bonds is 12. The van der Waals surface area contributed by atoms with Crippen LogP contribution < -0.4 is 20.9 Å². The SMILES string of the molecule is Brc1ccccc1.CC1(C)c2cc(Br)ccc2-c2ccc(Br)cc21.CC1(C)c2cc(N(c3ccccc3)c3ccc(-c4nc5ccccc5s4)cc3)ccc2-c2ccc(N(c3ccccc3)c3ccc(-c4nc5ccccc5s4)cc3)cc21.Nc1ccc(-c2nc3ccccc3s2)cc1.c1ccc(Nc2ccc(-c3nc4ccccc4s3)cc2)cc1. The highest BCUT2D eigenvalue weighted by atomic mass is 79.9. The molecule has 0 spiro atoms. The fourth-order valence-electron chi connectivity index (χ4n) is 15.6. The van der Waals surface area contributed by atoms with Gasteiger partial charge in [-0.05, 0) is 287 Å². The Labute approximate surface area is 746 Å². The second kappa shape index (κ2) is 35.2. The second-order valence-electron chi connectivity index (χ2n) is 30.5. The van der Waals surface area contributed by atoms with Crippen molar-refractivity contribution >= 4 is 185 Å². The Morgan fingerprint density at radius 1 is 0.256 bits per heavy atom. The standard InChI is InChI=1S/C53H38N4S2.C19H14N2S.C15H12Br2.C13H10N2S.C6H5Br/c1-53(2)45-33-41(56(37-13-5-3-6-14-37)39-25-21-35(22-26-39)51-54-47-17-9-11-19-49(47)58-51)29-31-43(45)44-32-30-42(34-46(44)53)57(38-15-7-4-8-16-38)40-27-23-36(24-28-40)52-55-48-18-10-12-20-50(48)59-52;1-2-6-15(7-3-1)20-16-12-10-14(11-13-16)19-21-17-8-4-5-9-18(17)22-19;1-15(2)13-7-9(16)3-5-11(13)12-6-4-10(17)8-14(12)15;14-10-7-5-9(6-8-10)13-15-11-3-1-2-4-12(11)16-13;7-6-4-2-1-3-5-6/h3-34H,1-2H3;1-13,20H;3-8H,1-2H3;1-8H,14H2;1-5H. The minimum Gasteiger partial charge on any atom is -0.399 e. The van der Waals surface area contributed by atoms with Crippen molar-refractivity contribution in [1.82, 2.24) is 19.9 Å². The van der Waals surface area contributed by atoms with E-state index in [0.717, 1.165) is 129 Å². The lowest BCUT2D eigenvalue weighted by Gasteiger charge is -2.29. The molecular formula is C106H79Br3N8S4. The molecule has 4 heterocycles. The summed E-state index contributed by atoms with van der Waals surface area (Å²) in [7, 11) is 0. The average molecular weight is 1830 g/mol. The Kier molecular flexibility index (Phi) is 23.2. The van der Waals surface area contributed by atoms with E-state index in [1.807, 2.05) is 109 Å². The van der Waals surface area contributed by atoms with Crippen LogP contribution in [0.15, 0.2) is 402 Å². The number of thiazole rings is 4. The molecular weight excluding hydrogens is 1750 g/mol. The number of anilines is 9.